The van der Waals surface area contributed by atoms with E-state index in [4.69, 9.17) is 0 Å². The Bertz CT molecular complexity index is 476. The van der Waals surface area contributed by atoms with Crippen LogP contribution in [0.15, 0.2) is 30.3 Å². The van der Waals surface area contributed by atoms with E-state index in [2.05, 4.69) is 5.32 Å². The molecular weight excluding hydrogens is 228 g/mol. The van der Waals surface area contributed by atoms with Gasteiger partial charge in [0.25, 0.3) is 0 Å². The highest BCUT2D eigenvalue weighted by Crippen LogP contribution is 2.33. The van der Waals surface area contributed by atoms with Crippen LogP contribution in [0.4, 0.5) is 0 Å². The molecule has 2 aliphatic heterocycles. The molecule has 2 heterocycles. The van der Waals surface area contributed by atoms with E-state index in [-0.39, 0.29) is 28.3 Å². The summed E-state index contributed by atoms with van der Waals surface area (Å²) >= 11 is 0. The molecule has 2 aliphatic rings. The predicted molar refractivity (Wildman–Crippen MR) is 66.2 cm³/mol. The summed E-state index contributed by atoms with van der Waals surface area (Å²) in [6.45, 7) is 1.24. The van der Waals surface area contributed by atoms with Crippen molar-refractivity contribution in [2.24, 2.45) is 5.92 Å². The summed E-state index contributed by atoms with van der Waals surface area (Å²) < 4.78 is -0.0909. The van der Waals surface area contributed by atoms with Crippen LogP contribution in [-0.4, -0.2) is 35.9 Å². The minimum absolute atomic E-state index is 0.0198. The highest BCUT2D eigenvalue weighted by molar-refractivity contribution is 5.98. The summed E-state index contributed by atoms with van der Waals surface area (Å²) in [7, 11) is 1.75. The van der Waals surface area contributed by atoms with E-state index in [1.54, 1.807) is 7.05 Å². The van der Waals surface area contributed by atoms with Gasteiger partial charge in [0.05, 0.1) is 7.05 Å². The van der Waals surface area contributed by atoms with E-state index >= 15 is 0 Å². The zero-order valence-electron chi connectivity index (χ0n) is 10.4. The van der Waals surface area contributed by atoms with E-state index < -0.39 is 0 Å². The second-order valence-electron chi connectivity index (χ2n) is 5.34. The number of carbonyl (C=O) groups excluding carboxylic acids is 2. The van der Waals surface area contributed by atoms with Crippen molar-refractivity contribution in [3.05, 3.63) is 35.9 Å². The highest BCUT2D eigenvalue weighted by atomic mass is 16.2. The zero-order chi connectivity index (χ0) is 12.8. The Balaban J connectivity index is 1.91. The van der Waals surface area contributed by atoms with Gasteiger partial charge in [0, 0.05) is 5.56 Å². The Morgan fingerprint density at radius 1 is 1.22 bits per heavy atom. The average Bonchev–Trinajstić information content (AvgIpc) is 2.91. The van der Waals surface area contributed by atoms with Crippen molar-refractivity contribution in [3.8, 4) is 0 Å². The molecule has 1 aromatic carbocycles. The van der Waals surface area contributed by atoms with Crippen molar-refractivity contribution in [2.75, 3.05) is 13.6 Å². The number of likely N-dealkylation sites (tertiary alicyclic amines) is 1. The Morgan fingerprint density at radius 3 is 2.61 bits per heavy atom. The van der Waals surface area contributed by atoms with Gasteiger partial charge >= 0.3 is 11.8 Å². The molecule has 1 aromatic rings. The molecule has 2 amide bonds. The van der Waals surface area contributed by atoms with Crippen LogP contribution in [0, 0.1) is 5.92 Å². The Labute approximate surface area is 106 Å². The van der Waals surface area contributed by atoms with Crippen LogP contribution in [0.1, 0.15) is 12.0 Å². The lowest BCUT2D eigenvalue weighted by molar-refractivity contribution is -0.767. The molecule has 3 atom stereocenters. The molecule has 94 valence electrons. The van der Waals surface area contributed by atoms with Gasteiger partial charge in [-0.05, 0) is 13.0 Å². The smallest absolute Gasteiger partial charge is 0.302 e. The van der Waals surface area contributed by atoms with Gasteiger partial charge in [0.2, 0.25) is 0 Å². The third kappa shape index (κ3) is 1.53. The van der Waals surface area contributed by atoms with Crippen LogP contribution >= 0.6 is 0 Å². The van der Waals surface area contributed by atoms with Gasteiger partial charge in [-0.2, -0.15) is 4.48 Å². The Hall–Kier alpha value is -1.52. The fourth-order valence-corrected chi connectivity index (χ4v) is 3.11. The van der Waals surface area contributed by atoms with Crippen molar-refractivity contribution in [1.29, 1.82) is 0 Å². The first-order valence-corrected chi connectivity index (χ1v) is 6.34. The number of nitrogens with zero attached hydrogens (tertiary/aromatic N) is 1. The number of rotatable bonds is 2. The molecule has 0 radical (unpaired) electrons. The highest BCUT2D eigenvalue weighted by Gasteiger charge is 2.60. The number of likely N-dealkylation sites (N-methyl/N-ethyl adjacent to an activating group) is 1. The van der Waals surface area contributed by atoms with Crippen LogP contribution in [0.5, 0.6) is 0 Å². The number of hydrogen-bond donors (Lipinski definition) is 1. The SMILES string of the molecule is C[N+]1(Cc2ccccc2)C(=O)[C@H]2NCC[C@H]2C1=O. The van der Waals surface area contributed by atoms with Crippen molar-refractivity contribution in [2.45, 2.75) is 19.0 Å². The number of nitrogens with one attached hydrogen (secondary N) is 1. The van der Waals surface area contributed by atoms with Gasteiger partial charge in [-0.3, -0.25) is 0 Å². The van der Waals surface area contributed by atoms with E-state index in [0.29, 0.717) is 6.54 Å². The molecule has 2 fully saturated rings. The monoisotopic (exact) mass is 245 g/mol. The Morgan fingerprint density at radius 2 is 1.94 bits per heavy atom. The topological polar surface area (TPSA) is 46.2 Å². The van der Waals surface area contributed by atoms with Crippen LogP contribution in [-0.2, 0) is 16.1 Å². The van der Waals surface area contributed by atoms with Gasteiger partial charge < -0.3 is 5.32 Å². The van der Waals surface area contributed by atoms with Crippen molar-refractivity contribution >= 4 is 11.8 Å². The van der Waals surface area contributed by atoms with Crippen LogP contribution < -0.4 is 5.32 Å². The van der Waals surface area contributed by atoms with Gasteiger partial charge in [-0.1, -0.05) is 30.3 Å². The first kappa shape index (κ1) is 11.6. The minimum atomic E-state index is -0.258. The fourth-order valence-electron chi connectivity index (χ4n) is 3.11. The van der Waals surface area contributed by atoms with Crippen molar-refractivity contribution in [1.82, 2.24) is 5.32 Å². The molecule has 2 saturated heterocycles. The van der Waals surface area contributed by atoms with Gasteiger partial charge in [-0.25, -0.2) is 9.59 Å². The molecule has 3 rings (SSSR count). The van der Waals surface area contributed by atoms with E-state index in [1.165, 1.54) is 0 Å². The zero-order valence-corrected chi connectivity index (χ0v) is 10.4. The standard InChI is InChI=1S/C14H17N2O2/c1-16(9-10-5-3-2-4-6-10)13(17)11-7-8-15-12(11)14(16)18/h2-6,11-12,15H,7-9H2,1H3/q+1/t11-,12+,16?/m1/s1. The van der Waals surface area contributed by atoms with Gasteiger partial charge in [0.15, 0.2) is 0 Å². The molecule has 0 aromatic heterocycles. The van der Waals surface area contributed by atoms with Crippen LogP contribution in [0.2, 0.25) is 0 Å². The fraction of sp³-hybridized carbons (Fsp3) is 0.429. The number of imide groups is 1. The lowest BCUT2D eigenvalue weighted by atomic mass is 10.0. The second-order valence-corrected chi connectivity index (χ2v) is 5.34. The van der Waals surface area contributed by atoms with Gasteiger partial charge in [0.1, 0.15) is 18.5 Å². The molecule has 1 N–H and O–H groups in total. The third-order valence-electron chi connectivity index (χ3n) is 4.12. The van der Waals surface area contributed by atoms with Gasteiger partial charge in [-0.15, -0.1) is 0 Å². The number of amides is 2. The maximum atomic E-state index is 12.4. The molecular formula is C14H17N2O2+. The molecule has 1 unspecified atom stereocenters. The predicted octanol–water partition coefficient (Wildman–Crippen LogP) is 0.678. The summed E-state index contributed by atoms with van der Waals surface area (Å²) in [6.07, 6.45) is 0.790. The van der Waals surface area contributed by atoms with E-state index in [0.717, 1.165) is 18.5 Å². The first-order chi connectivity index (χ1) is 8.63. The average molecular weight is 245 g/mol. The Kier molecular flexibility index (Phi) is 2.57. The number of hydrogen-bond acceptors (Lipinski definition) is 3. The minimum Gasteiger partial charge on any atom is -0.302 e. The number of carbonyl (C=O) groups is 2. The van der Waals surface area contributed by atoms with E-state index in [9.17, 15) is 9.59 Å². The molecule has 4 nitrogen and oxygen atoms in total. The molecule has 18 heavy (non-hydrogen) atoms. The normalized spacial score (nSPS) is 34.9. The number of benzene rings is 1. The summed E-state index contributed by atoms with van der Waals surface area (Å²) in [5, 5.41) is 3.15. The molecule has 4 heteroatoms. The number of quaternary nitrogens is 1. The summed E-state index contributed by atoms with van der Waals surface area (Å²) in [5.41, 5.74) is 1.03. The van der Waals surface area contributed by atoms with Crippen LogP contribution in [0.25, 0.3) is 0 Å². The summed E-state index contributed by atoms with van der Waals surface area (Å²) in [5.74, 6) is -0.0311. The summed E-state index contributed by atoms with van der Waals surface area (Å²) in [6, 6.07) is 9.48. The second kappa shape index (κ2) is 4.00. The molecule has 0 aliphatic carbocycles. The largest absolute Gasteiger partial charge is 0.339 e. The lowest BCUT2D eigenvalue weighted by Crippen LogP contribution is -2.51. The number of fused-ring (bicyclic) bond motifs is 1. The lowest BCUT2D eigenvalue weighted by Gasteiger charge is -2.25. The van der Waals surface area contributed by atoms with Crippen molar-refractivity contribution < 1.29 is 14.1 Å². The third-order valence-corrected chi connectivity index (χ3v) is 4.12. The van der Waals surface area contributed by atoms with Crippen LogP contribution in [0.3, 0.4) is 0 Å². The molecule has 0 spiro atoms. The maximum absolute atomic E-state index is 12.4. The molecule has 0 bridgehead atoms. The first-order valence-electron chi connectivity index (χ1n) is 6.34. The maximum Gasteiger partial charge on any atom is 0.339 e. The van der Waals surface area contributed by atoms with E-state index in [1.807, 2.05) is 30.3 Å². The van der Waals surface area contributed by atoms with Crippen molar-refractivity contribution in [3.63, 3.8) is 0 Å². The quantitative estimate of drug-likeness (QED) is 0.615. The molecule has 0 saturated carbocycles. The summed E-state index contributed by atoms with van der Waals surface area (Å²) in [4.78, 5) is 24.8.